The van der Waals surface area contributed by atoms with E-state index in [2.05, 4.69) is 45.0 Å². The summed E-state index contributed by atoms with van der Waals surface area (Å²) in [4.78, 5) is 2.65. The van der Waals surface area contributed by atoms with Crippen LogP contribution in [-0.2, 0) is 0 Å². The van der Waals surface area contributed by atoms with Crippen LogP contribution in [0.4, 0.5) is 0 Å². The Balaban J connectivity index is 2.45. The molecule has 0 aliphatic carbocycles. The van der Waals surface area contributed by atoms with E-state index in [-0.39, 0.29) is 0 Å². The average Bonchev–Trinajstić information content (AvgIpc) is 2.19. The van der Waals surface area contributed by atoms with E-state index in [1.807, 2.05) is 0 Å². The van der Waals surface area contributed by atoms with E-state index in [0.29, 0.717) is 17.5 Å². The highest BCUT2D eigenvalue weighted by Crippen LogP contribution is 2.30. The predicted molar refractivity (Wildman–Crippen MR) is 67.2 cm³/mol. The van der Waals surface area contributed by atoms with E-state index >= 15 is 0 Å². The molecule has 2 heteroatoms. The summed E-state index contributed by atoms with van der Waals surface area (Å²) in [5.41, 5.74) is 0.567. The highest BCUT2D eigenvalue weighted by molar-refractivity contribution is 4.85. The van der Waals surface area contributed by atoms with Crippen molar-refractivity contribution in [3.63, 3.8) is 0 Å². The summed E-state index contributed by atoms with van der Waals surface area (Å²) in [6.45, 7) is 12.0. The van der Waals surface area contributed by atoms with Crippen molar-refractivity contribution in [2.24, 2.45) is 5.41 Å². The molecule has 1 aliphatic rings. The fourth-order valence-corrected chi connectivity index (χ4v) is 2.58. The van der Waals surface area contributed by atoms with Crippen molar-refractivity contribution in [2.45, 2.75) is 59.0 Å². The largest absolute Gasteiger partial charge is 0.315 e. The lowest BCUT2D eigenvalue weighted by molar-refractivity contribution is 0.0837. The summed E-state index contributed by atoms with van der Waals surface area (Å²) in [6.07, 6.45) is 3.91. The fourth-order valence-electron chi connectivity index (χ4n) is 2.58. The molecule has 2 unspecified atom stereocenters. The van der Waals surface area contributed by atoms with Crippen molar-refractivity contribution in [3.8, 4) is 0 Å². The summed E-state index contributed by atoms with van der Waals surface area (Å²) in [6, 6.07) is 1.32. The molecule has 0 spiro atoms. The summed E-state index contributed by atoms with van der Waals surface area (Å²) in [5.74, 6) is 0. The molecule has 1 heterocycles. The Morgan fingerprint density at radius 1 is 1.27 bits per heavy atom. The number of rotatable bonds is 4. The zero-order valence-electron chi connectivity index (χ0n) is 11.1. The topological polar surface area (TPSA) is 15.3 Å². The van der Waals surface area contributed by atoms with E-state index < -0.39 is 0 Å². The van der Waals surface area contributed by atoms with Gasteiger partial charge in [-0.1, -0.05) is 20.8 Å². The molecule has 0 aromatic carbocycles. The Kier molecular flexibility index (Phi) is 4.60. The Bertz CT molecular complexity index is 175. The normalized spacial score (nSPS) is 26.2. The first kappa shape index (κ1) is 13.0. The monoisotopic (exact) mass is 212 g/mol. The molecule has 2 nitrogen and oxygen atoms in total. The lowest BCUT2D eigenvalue weighted by Crippen LogP contribution is -2.50. The van der Waals surface area contributed by atoms with Crippen LogP contribution in [0.1, 0.15) is 47.0 Å². The van der Waals surface area contributed by atoms with Crippen molar-refractivity contribution < 1.29 is 0 Å². The number of likely N-dealkylation sites (N-methyl/N-ethyl adjacent to an activating group) is 1. The second-order valence-corrected chi connectivity index (χ2v) is 5.74. The van der Waals surface area contributed by atoms with Crippen LogP contribution in [0.2, 0.25) is 0 Å². The second kappa shape index (κ2) is 5.31. The first-order valence-corrected chi connectivity index (χ1v) is 6.41. The first-order chi connectivity index (χ1) is 7.00. The van der Waals surface area contributed by atoms with Gasteiger partial charge in [0.05, 0.1) is 0 Å². The maximum Gasteiger partial charge on any atom is 0.0220 e. The van der Waals surface area contributed by atoms with Crippen LogP contribution in [-0.4, -0.2) is 37.1 Å². The Hall–Kier alpha value is -0.0800. The van der Waals surface area contributed by atoms with E-state index in [1.165, 1.54) is 32.4 Å². The molecule has 0 saturated carbocycles. The smallest absolute Gasteiger partial charge is 0.0220 e. The summed E-state index contributed by atoms with van der Waals surface area (Å²) in [5, 5.41) is 3.43. The lowest BCUT2D eigenvalue weighted by Gasteiger charge is -2.42. The highest BCUT2D eigenvalue weighted by atomic mass is 15.2. The van der Waals surface area contributed by atoms with Crippen LogP contribution in [0.5, 0.6) is 0 Å². The van der Waals surface area contributed by atoms with Gasteiger partial charge in [0.2, 0.25) is 0 Å². The van der Waals surface area contributed by atoms with Gasteiger partial charge in [-0.15, -0.1) is 0 Å². The van der Waals surface area contributed by atoms with Gasteiger partial charge in [0.15, 0.2) is 0 Å². The van der Waals surface area contributed by atoms with Crippen LogP contribution in [0.25, 0.3) is 0 Å². The van der Waals surface area contributed by atoms with Gasteiger partial charge in [-0.3, -0.25) is 4.90 Å². The van der Waals surface area contributed by atoms with Crippen molar-refractivity contribution in [3.05, 3.63) is 0 Å². The first-order valence-electron chi connectivity index (χ1n) is 6.41. The molecule has 15 heavy (non-hydrogen) atoms. The second-order valence-electron chi connectivity index (χ2n) is 5.74. The number of piperidine rings is 1. The van der Waals surface area contributed by atoms with Gasteiger partial charge in [-0.2, -0.15) is 0 Å². The number of nitrogens with zero attached hydrogens (tertiary/aromatic N) is 1. The van der Waals surface area contributed by atoms with Gasteiger partial charge >= 0.3 is 0 Å². The maximum atomic E-state index is 3.43. The van der Waals surface area contributed by atoms with Gasteiger partial charge in [0, 0.05) is 12.1 Å². The SMILES string of the molecule is CCC(NC)C(C)N1CCC(C)(C)CC1. The number of nitrogens with one attached hydrogen (secondary N) is 1. The quantitative estimate of drug-likeness (QED) is 0.770. The molecule has 1 rings (SSSR count). The number of hydrogen-bond donors (Lipinski definition) is 1. The number of likely N-dealkylation sites (tertiary alicyclic amines) is 1. The minimum atomic E-state index is 0.567. The van der Waals surface area contributed by atoms with Crippen LogP contribution in [0, 0.1) is 5.41 Å². The summed E-state index contributed by atoms with van der Waals surface area (Å²) < 4.78 is 0. The van der Waals surface area contributed by atoms with Gasteiger partial charge in [0.25, 0.3) is 0 Å². The van der Waals surface area contributed by atoms with Crippen LogP contribution < -0.4 is 5.32 Å². The van der Waals surface area contributed by atoms with Crippen LogP contribution in [0.15, 0.2) is 0 Å². The Morgan fingerprint density at radius 2 is 1.80 bits per heavy atom. The van der Waals surface area contributed by atoms with E-state index in [4.69, 9.17) is 0 Å². The molecule has 0 amide bonds. The molecule has 1 N–H and O–H groups in total. The predicted octanol–water partition coefficient (Wildman–Crippen LogP) is 2.49. The molecule has 1 saturated heterocycles. The van der Waals surface area contributed by atoms with Crippen molar-refractivity contribution in [2.75, 3.05) is 20.1 Å². The Morgan fingerprint density at radius 3 is 2.20 bits per heavy atom. The highest BCUT2D eigenvalue weighted by Gasteiger charge is 2.29. The molecule has 1 fully saturated rings. The molecule has 0 aromatic rings. The maximum absolute atomic E-state index is 3.43. The molecule has 0 aromatic heterocycles. The zero-order valence-corrected chi connectivity index (χ0v) is 11.1. The minimum Gasteiger partial charge on any atom is -0.315 e. The van der Waals surface area contributed by atoms with E-state index in [9.17, 15) is 0 Å². The van der Waals surface area contributed by atoms with Crippen LogP contribution in [0.3, 0.4) is 0 Å². The fraction of sp³-hybridized carbons (Fsp3) is 1.00. The molecule has 0 radical (unpaired) electrons. The lowest BCUT2D eigenvalue weighted by atomic mass is 9.82. The third-order valence-corrected chi connectivity index (χ3v) is 4.12. The Labute approximate surface area is 95.4 Å². The van der Waals surface area contributed by atoms with E-state index in [0.717, 1.165) is 0 Å². The molecule has 0 bridgehead atoms. The third kappa shape index (κ3) is 3.46. The zero-order chi connectivity index (χ0) is 11.5. The van der Waals surface area contributed by atoms with Gasteiger partial charge in [0.1, 0.15) is 0 Å². The molecule has 1 aliphatic heterocycles. The van der Waals surface area contributed by atoms with E-state index in [1.54, 1.807) is 0 Å². The minimum absolute atomic E-state index is 0.567. The molecule has 90 valence electrons. The summed E-state index contributed by atoms with van der Waals surface area (Å²) >= 11 is 0. The third-order valence-electron chi connectivity index (χ3n) is 4.12. The van der Waals surface area contributed by atoms with Gasteiger partial charge in [-0.05, 0) is 51.7 Å². The standard InChI is InChI=1S/C13H28N2/c1-6-12(14-5)11(2)15-9-7-13(3,4)8-10-15/h11-12,14H,6-10H2,1-5H3. The van der Waals surface area contributed by atoms with Gasteiger partial charge < -0.3 is 5.32 Å². The van der Waals surface area contributed by atoms with Crippen molar-refractivity contribution >= 4 is 0 Å². The number of hydrogen-bond acceptors (Lipinski definition) is 2. The molecular formula is C13H28N2. The average molecular weight is 212 g/mol. The van der Waals surface area contributed by atoms with Crippen molar-refractivity contribution in [1.29, 1.82) is 0 Å². The van der Waals surface area contributed by atoms with Gasteiger partial charge in [-0.25, -0.2) is 0 Å². The summed E-state index contributed by atoms with van der Waals surface area (Å²) in [7, 11) is 2.08. The molecular weight excluding hydrogens is 184 g/mol. The van der Waals surface area contributed by atoms with Crippen molar-refractivity contribution in [1.82, 2.24) is 10.2 Å². The van der Waals surface area contributed by atoms with Crippen LogP contribution >= 0.6 is 0 Å². The molecule has 2 atom stereocenters.